The van der Waals surface area contributed by atoms with Crippen LogP contribution in [0.25, 0.3) is 0 Å². The average Bonchev–Trinajstić information content (AvgIpc) is 2.49. The van der Waals surface area contributed by atoms with Crippen LogP contribution in [0.2, 0.25) is 0 Å². The van der Waals surface area contributed by atoms with Crippen molar-refractivity contribution in [1.29, 1.82) is 0 Å². The van der Waals surface area contributed by atoms with Crippen LogP contribution < -0.4 is 0 Å². The van der Waals surface area contributed by atoms with Gasteiger partial charge >= 0.3 is 5.97 Å². The van der Waals surface area contributed by atoms with Gasteiger partial charge in [0.2, 0.25) is 0 Å². The third-order valence-electron chi connectivity index (χ3n) is 1.56. The molecule has 4 heteroatoms. The van der Waals surface area contributed by atoms with Crippen molar-refractivity contribution in [3.63, 3.8) is 0 Å². The lowest BCUT2D eigenvalue weighted by Gasteiger charge is -1.99. The van der Waals surface area contributed by atoms with E-state index < -0.39 is 5.97 Å². The average molecular weight is 167 g/mol. The second-order valence-electron chi connectivity index (χ2n) is 2.59. The van der Waals surface area contributed by atoms with Crippen molar-refractivity contribution in [2.24, 2.45) is 0 Å². The number of aryl methyl sites for hydroxylation is 1. The van der Waals surface area contributed by atoms with Gasteiger partial charge in [-0.2, -0.15) is 0 Å². The van der Waals surface area contributed by atoms with Crippen molar-refractivity contribution in [3.8, 4) is 0 Å². The zero-order chi connectivity index (χ0) is 8.81. The van der Waals surface area contributed by atoms with Gasteiger partial charge in [0, 0.05) is 19.2 Å². The highest BCUT2D eigenvalue weighted by Gasteiger charge is 1.96. The fraction of sp³-hybridized carbons (Fsp3) is 0.500. The van der Waals surface area contributed by atoms with Crippen molar-refractivity contribution in [3.05, 3.63) is 18.7 Å². The highest BCUT2D eigenvalue weighted by Crippen LogP contribution is 1.98. The first-order chi connectivity index (χ1) is 5.79. The second-order valence-corrected chi connectivity index (χ2v) is 2.59. The second kappa shape index (κ2) is 4.54. The van der Waals surface area contributed by atoms with Crippen LogP contribution in [-0.2, 0) is 11.3 Å². The standard InChI is InChI=1S/C8H11N2O2/c11-8(12)3-1-2-5-10-6-4-9-7-10/h6-7H,1-3,5H2,(H,11,12). The normalized spacial score (nSPS) is 10.0. The molecule has 1 rings (SSSR count). The minimum Gasteiger partial charge on any atom is -0.481 e. The van der Waals surface area contributed by atoms with E-state index in [2.05, 4.69) is 11.2 Å². The van der Waals surface area contributed by atoms with Crippen LogP contribution >= 0.6 is 0 Å². The Morgan fingerprint density at radius 2 is 2.42 bits per heavy atom. The fourth-order valence-electron chi connectivity index (χ4n) is 0.941. The number of aliphatic carboxylic acids is 1. The first-order valence-electron chi connectivity index (χ1n) is 3.88. The Morgan fingerprint density at radius 1 is 1.58 bits per heavy atom. The van der Waals surface area contributed by atoms with Crippen molar-refractivity contribution in [1.82, 2.24) is 9.55 Å². The fourth-order valence-corrected chi connectivity index (χ4v) is 0.941. The molecule has 0 saturated carbocycles. The van der Waals surface area contributed by atoms with E-state index in [1.165, 1.54) is 0 Å². The van der Waals surface area contributed by atoms with Gasteiger partial charge in [-0.05, 0) is 12.8 Å². The van der Waals surface area contributed by atoms with Gasteiger partial charge in [0.25, 0.3) is 0 Å². The summed E-state index contributed by atoms with van der Waals surface area (Å²) in [6.45, 7) is 0.823. The van der Waals surface area contributed by atoms with E-state index in [-0.39, 0.29) is 6.42 Å². The molecular formula is C8H11N2O2. The Bertz CT molecular complexity index is 231. The molecule has 0 aliphatic heterocycles. The van der Waals surface area contributed by atoms with Gasteiger partial charge in [0.1, 0.15) is 6.20 Å². The maximum Gasteiger partial charge on any atom is 0.303 e. The molecule has 0 spiro atoms. The summed E-state index contributed by atoms with van der Waals surface area (Å²) in [4.78, 5) is 13.9. The largest absolute Gasteiger partial charge is 0.481 e. The number of imidazole rings is 1. The van der Waals surface area contributed by atoms with E-state index in [1.807, 2.05) is 4.57 Å². The number of rotatable bonds is 5. The molecule has 12 heavy (non-hydrogen) atoms. The van der Waals surface area contributed by atoms with Gasteiger partial charge in [-0.3, -0.25) is 4.79 Å². The lowest BCUT2D eigenvalue weighted by atomic mass is 10.2. The highest BCUT2D eigenvalue weighted by molar-refractivity contribution is 5.66. The quantitative estimate of drug-likeness (QED) is 0.664. The van der Waals surface area contributed by atoms with Crippen LogP contribution in [0.3, 0.4) is 0 Å². The maximum atomic E-state index is 10.1. The number of carboxylic acid groups (broad SMARTS) is 1. The summed E-state index contributed by atoms with van der Waals surface area (Å²) < 4.78 is 1.89. The minimum atomic E-state index is -0.729. The molecule has 0 aliphatic carbocycles. The van der Waals surface area contributed by atoms with Crippen LogP contribution in [-0.4, -0.2) is 20.6 Å². The summed E-state index contributed by atoms with van der Waals surface area (Å²) in [6, 6.07) is 0. The van der Waals surface area contributed by atoms with Crippen LogP contribution in [0, 0.1) is 6.20 Å². The van der Waals surface area contributed by atoms with Gasteiger partial charge < -0.3 is 9.67 Å². The molecule has 0 saturated heterocycles. The molecule has 1 N–H and O–H groups in total. The summed E-state index contributed by atoms with van der Waals surface area (Å²) in [6.07, 6.45) is 7.94. The van der Waals surface area contributed by atoms with E-state index in [0.717, 1.165) is 13.0 Å². The summed E-state index contributed by atoms with van der Waals surface area (Å²) in [5.74, 6) is -0.729. The SMILES string of the molecule is O=C(O)CCCCn1c[c]nc1. The molecule has 0 fully saturated rings. The third kappa shape index (κ3) is 3.18. The number of hydrogen-bond acceptors (Lipinski definition) is 2. The predicted molar refractivity (Wildman–Crippen MR) is 42.5 cm³/mol. The van der Waals surface area contributed by atoms with Gasteiger partial charge in [0.15, 0.2) is 0 Å². The van der Waals surface area contributed by atoms with Crippen LogP contribution in [0.5, 0.6) is 0 Å². The summed E-state index contributed by atoms with van der Waals surface area (Å²) in [5.41, 5.74) is 0. The highest BCUT2D eigenvalue weighted by atomic mass is 16.4. The van der Waals surface area contributed by atoms with E-state index in [1.54, 1.807) is 12.5 Å². The van der Waals surface area contributed by atoms with E-state index in [9.17, 15) is 4.79 Å². The number of hydrogen-bond donors (Lipinski definition) is 1. The van der Waals surface area contributed by atoms with Crippen molar-refractivity contribution in [2.45, 2.75) is 25.8 Å². The number of aromatic nitrogens is 2. The molecule has 65 valence electrons. The maximum absolute atomic E-state index is 10.1. The van der Waals surface area contributed by atoms with E-state index in [0.29, 0.717) is 6.42 Å². The van der Waals surface area contributed by atoms with Crippen LogP contribution in [0.1, 0.15) is 19.3 Å². The molecule has 1 radical (unpaired) electrons. The molecule has 0 aliphatic rings. The molecule has 4 nitrogen and oxygen atoms in total. The van der Waals surface area contributed by atoms with Crippen molar-refractivity contribution < 1.29 is 9.90 Å². The molecule has 1 aromatic heterocycles. The van der Waals surface area contributed by atoms with E-state index in [4.69, 9.17) is 5.11 Å². The molecule has 0 amide bonds. The summed E-state index contributed by atoms with van der Waals surface area (Å²) in [7, 11) is 0. The molecule has 0 aromatic carbocycles. The summed E-state index contributed by atoms with van der Waals surface area (Å²) >= 11 is 0. The Hall–Kier alpha value is -1.32. The predicted octanol–water partition coefficient (Wildman–Crippen LogP) is 0.938. The van der Waals surface area contributed by atoms with Gasteiger partial charge in [0.05, 0.1) is 6.33 Å². The molecule has 0 unspecified atom stereocenters. The number of nitrogens with zero attached hydrogens (tertiary/aromatic N) is 2. The first-order valence-corrected chi connectivity index (χ1v) is 3.88. The lowest BCUT2D eigenvalue weighted by molar-refractivity contribution is -0.137. The topological polar surface area (TPSA) is 55.1 Å². The smallest absolute Gasteiger partial charge is 0.303 e. The molecule has 1 aromatic rings. The van der Waals surface area contributed by atoms with Crippen molar-refractivity contribution >= 4 is 5.97 Å². The number of carboxylic acids is 1. The first kappa shape index (κ1) is 8.77. The molecule has 0 bridgehead atoms. The zero-order valence-electron chi connectivity index (χ0n) is 6.73. The van der Waals surface area contributed by atoms with Gasteiger partial charge in [-0.15, -0.1) is 0 Å². The Balaban J connectivity index is 2.07. The Kier molecular flexibility index (Phi) is 3.32. The van der Waals surface area contributed by atoms with Gasteiger partial charge in [-0.25, -0.2) is 4.98 Å². The monoisotopic (exact) mass is 167 g/mol. The Morgan fingerprint density at radius 3 is 3.00 bits per heavy atom. The minimum absolute atomic E-state index is 0.248. The molecule has 1 heterocycles. The molecule has 0 atom stereocenters. The van der Waals surface area contributed by atoms with E-state index >= 15 is 0 Å². The number of unbranched alkanes of at least 4 members (excludes halogenated alkanes) is 1. The summed E-state index contributed by atoms with van der Waals surface area (Å²) in [5, 5.41) is 8.35. The third-order valence-corrected chi connectivity index (χ3v) is 1.56. The van der Waals surface area contributed by atoms with Crippen molar-refractivity contribution in [2.75, 3.05) is 0 Å². The Labute approximate surface area is 70.9 Å². The van der Waals surface area contributed by atoms with Crippen LogP contribution in [0.4, 0.5) is 0 Å². The lowest BCUT2D eigenvalue weighted by Crippen LogP contribution is -1.98. The van der Waals surface area contributed by atoms with Crippen LogP contribution in [0.15, 0.2) is 12.5 Å². The molecular weight excluding hydrogens is 156 g/mol. The van der Waals surface area contributed by atoms with Gasteiger partial charge in [-0.1, -0.05) is 0 Å². The number of carbonyl (C=O) groups is 1. The zero-order valence-corrected chi connectivity index (χ0v) is 6.73.